The normalized spacial score (nSPS) is 10.9. The van der Waals surface area contributed by atoms with Crippen molar-refractivity contribution >= 4 is 57.7 Å². The Morgan fingerprint density at radius 3 is 2.28 bits per heavy atom. The van der Waals surface area contributed by atoms with E-state index >= 15 is 0 Å². The molecule has 29 heavy (non-hydrogen) atoms. The van der Waals surface area contributed by atoms with Crippen molar-refractivity contribution in [1.82, 2.24) is 4.40 Å². The monoisotopic (exact) mass is 442 g/mol. The van der Waals surface area contributed by atoms with Crippen molar-refractivity contribution in [3.05, 3.63) is 93.7 Å². The highest BCUT2D eigenvalue weighted by molar-refractivity contribution is 6.48. The number of halogens is 3. The number of rotatable bonds is 4. The first-order valence-electron chi connectivity index (χ1n) is 8.61. The Morgan fingerprint density at radius 1 is 0.828 bits per heavy atom. The highest BCUT2D eigenvalue weighted by atomic mass is 35.5. The molecule has 0 spiro atoms. The predicted octanol–water partition coefficient (Wildman–Crippen LogP) is 6.39. The molecule has 0 saturated carbocycles. The number of nitrogens with zero attached hydrogens (tertiary/aromatic N) is 1. The molecule has 0 radical (unpaired) electrons. The van der Waals surface area contributed by atoms with Crippen LogP contribution in [0.1, 0.15) is 10.5 Å². The summed E-state index contributed by atoms with van der Waals surface area (Å²) in [6.45, 7) is 0. The van der Waals surface area contributed by atoms with Gasteiger partial charge in [-0.1, -0.05) is 53.0 Å². The first-order chi connectivity index (χ1) is 13.9. The quantitative estimate of drug-likeness (QED) is 0.293. The number of Topliss-reactive ketones (excluding diaryl/α,β-unsaturated/α-hetero) is 1. The van der Waals surface area contributed by atoms with E-state index in [1.807, 2.05) is 30.3 Å². The third-order valence-corrected chi connectivity index (χ3v) is 5.24. The molecule has 7 heteroatoms. The Labute approximate surface area is 181 Å². The van der Waals surface area contributed by atoms with E-state index in [1.165, 1.54) is 6.07 Å². The van der Waals surface area contributed by atoms with Gasteiger partial charge in [0.1, 0.15) is 5.69 Å². The van der Waals surface area contributed by atoms with E-state index < -0.39 is 11.7 Å². The predicted molar refractivity (Wildman–Crippen MR) is 117 cm³/mol. The van der Waals surface area contributed by atoms with Crippen LogP contribution in [0.3, 0.4) is 0 Å². The average molecular weight is 444 g/mol. The molecule has 2 heterocycles. The molecule has 0 aliphatic carbocycles. The van der Waals surface area contributed by atoms with E-state index in [4.69, 9.17) is 34.8 Å². The van der Waals surface area contributed by atoms with Gasteiger partial charge in [-0.3, -0.25) is 9.59 Å². The number of ketones is 1. The second kappa shape index (κ2) is 7.91. The minimum absolute atomic E-state index is 0.247. The zero-order valence-electron chi connectivity index (χ0n) is 14.8. The van der Waals surface area contributed by atoms with E-state index in [0.717, 1.165) is 11.1 Å². The number of anilines is 1. The Morgan fingerprint density at radius 2 is 1.55 bits per heavy atom. The lowest BCUT2D eigenvalue weighted by Gasteiger charge is -2.09. The van der Waals surface area contributed by atoms with Crippen LogP contribution < -0.4 is 5.32 Å². The van der Waals surface area contributed by atoms with E-state index in [9.17, 15) is 9.59 Å². The van der Waals surface area contributed by atoms with Crippen LogP contribution >= 0.6 is 34.8 Å². The summed E-state index contributed by atoms with van der Waals surface area (Å²) in [7, 11) is 0. The van der Waals surface area contributed by atoms with Gasteiger partial charge in [0.15, 0.2) is 0 Å². The third kappa shape index (κ3) is 3.87. The van der Waals surface area contributed by atoms with Gasteiger partial charge < -0.3 is 9.72 Å². The number of pyridine rings is 1. The molecule has 0 bridgehead atoms. The molecule has 4 nitrogen and oxygen atoms in total. The molecule has 0 aliphatic rings. The van der Waals surface area contributed by atoms with Gasteiger partial charge >= 0.3 is 0 Å². The zero-order valence-corrected chi connectivity index (χ0v) is 17.1. The molecule has 1 N–H and O–H groups in total. The molecule has 144 valence electrons. The van der Waals surface area contributed by atoms with Gasteiger partial charge in [-0.2, -0.15) is 0 Å². The highest BCUT2D eigenvalue weighted by Gasteiger charge is 2.25. The van der Waals surface area contributed by atoms with Crippen molar-refractivity contribution in [1.29, 1.82) is 0 Å². The fourth-order valence-electron chi connectivity index (χ4n) is 3.08. The Bertz CT molecular complexity index is 1250. The lowest BCUT2D eigenvalue weighted by Crippen LogP contribution is -2.24. The molecule has 0 saturated heterocycles. The summed E-state index contributed by atoms with van der Waals surface area (Å²) < 4.78 is 1.69. The van der Waals surface area contributed by atoms with Crippen LogP contribution in [0.5, 0.6) is 0 Å². The number of aromatic nitrogens is 1. The van der Waals surface area contributed by atoms with Crippen LogP contribution in [-0.2, 0) is 4.79 Å². The largest absolute Gasteiger partial charge is 0.318 e. The molecule has 0 atom stereocenters. The van der Waals surface area contributed by atoms with Gasteiger partial charge in [0, 0.05) is 27.3 Å². The number of fused-ring (bicyclic) bond motifs is 1. The maximum Gasteiger partial charge on any atom is 0.298 e. The van der Waals surface area contributed by atoms with Crippen LogP contribution in [0.15, 0.2) is 72.9 Å². The van der Waals surface area contributed by atoms with Gasteiger partial charge in [0.05, 0.1) is 10.7 Å². The van der Waals surface area contributed by atoms with Crippen molar-refractivity contribution in [2.24, 2.45) is 0 Å². The van der Waals surface area contributed by atoms with Crippen molar-refractivity contribution < 1.29 is 9.59 Å². The molecule has 0 unspecified atom stereocenters. The number of carbonyl (C=O) groups excluding carboxylic acids is 2. The minimum atomic E-state index is -0.798. The molecule has 1 amide bonds. The average Bonchev–Trinajstić information content (AvgIpc) is 3.09. The van der Waals surface area contributed by atoms with E-state index in [2.05, 4.69) is 5.32 Å². The van der Waals surface area contributed by atoms with Crippen LogP contribution in [0.25, 0.3) is 16.6 Å². The second-order valence-corrected chi connectivity index (χ2v) is 7.60. The summed E-state index contributed by atoms with van der Waals surface area (Å²) in [5.41, 5.74) is 2.76. The van der Waals surface area contributed by atoms with E-state index in [-0.39, 0.29) is 10.7 Å². The maximum atomic E-state index is 13.1. The van der Waals surface area contributed by atoms with Crippen molar-refractivity contribution in [3.63, 3.8) is 0 Å². The Kier molecular flexibility index (Phi) is 5.33. The number of hydrogen-bond donors (Lipinski definition) is 1. The first-order valence-corrected chi connectivity index (χ1v) is 9.74. The van der Waals surface area contributed by atoms with Crippen LogP contribution in [-0.4, -0.2) is 16.1 Å². The zero-order chi connectivity index (χ0) is 20.5. The number of amides is 1. The lowest BCUT2D eigenvalue weighted by molar-refractivity contribution is -0.112. The third-order valence-electron chi connectivity index (χ3n) is 4.44. The standard InChI is InChI=1S/C22H13Cl3N2O2/c23-14-6-4-13(5-7-14)17-12-16-3-1-2-10-27(16)20(17)21(28)22(29)26-19-9-8-15(24)11-18(19)25/h1-12H,(H,26,29). The van der Waals surface area contributed by atoms with Gasteiger partial charge in [-0.05, 0) is 54.1 Å². The number of nitrogens with one attached hydrogen (secondary N) is 1. The maximum absolute atomic E-state index is 13.1. The number of hydrogen-bond acceptors (Lipinski definition) is 2. The van der Waals surface area contributed by atoms with Crippen LogP contribution in [0.4, 0.5) is 5.69 Å². The number of carbonyl (C=O) groups is 2. The minimum Gasteiger partial charge on any atom is -0.318 e. The fraction of sp³-hybridized carbons (Fsp3) is 0. The lowest BCUT2D eigenvalue weighted by atomic mass is 10.0. The highest BCUT2D eigenvalue weighted by Crippen LogP contribution is 2.30. The molecular formula is C22H13Cl3N2O2. The first kappa shape index (κ1) is 19.5. The summed E-state index contributed by atoms with van der Waals surface area (Å²) in [6.07, 6.45) is 1.74. The van der Waals surface area contributed by atoms with Gasteiger partial charge in [-0.25, -0.2) is 0 Å². The molecule has 2 aromatic carbocycles. The molecular weight excluding hydrogens is 431 g/mol. The number of benzene rings is 2. The molecule has 4 aromatic rings. The topological polar surface area (TPSA) is 50.6 Å². The Hall–Kier alpha value is -2.79. The fourth-order valence-corrected chi connectivity index (χ4v) is 3.66. The van der Waals surface area contributed by atoms with Gasteiger partial charge in [0.25, 0.3) is 11.7 Å². The van der Waals surface area contributed by atoms with E-state index in [0.29, 0.717) is 21.3 Å². The summed E-state index contributed by atoms with van der Waals surface area (Å²) in [5.74, 6) is -1.49. The second-order valence-electron chi connectivity index (χ2n) is 6.32. The summed E-state index contributed by atoms with van der Waals surface area (Å²) in [4.78, 5) is 25.9. The molecule has 4 rings (SSSR count). The Balaban J connectivity index is 1.77. The molecule has 0 fully saturated rings. The summed E-state index contributed by atoms with van der Waals surface area (Å²) in [5, 5.41) is 3.83. The van der Waals surface area contributed by atoms with Gasteiger partial charge in [-0.15, -0.1) is 0 Å². The van der Waals surface area contributed by atoms with Crippen molar-refractivity contribution in [3.8, 4) is 11.1 Å². The SMILES string of the molecule is O=C(Nc1ccc(Cl)cc1Cl)C(=O)c1c(-c2ccc(Cl)cc2)cc2ccccn12. The summed E-state index contributed by atoms with van der Waals surface area (Å²) in [6, 6.07) is 19.1. The smallest absolute Gasteiger partial charge is 0.298 e. The molecule has 0 aliphatic heterocycles. The van der Waals surface area contributed by atoms with Gasteiger partial charge in [0.2, 0.25) is 0 Å². The van der Waals surface area contributed by atoms with Crippen molar-refractivity contribution in [2.75, 3.05) is 5.32 Å². The van der Waals surface area contributed by atoms with E-state index in [1.54, 1.807) is 40.9 Å². The molecule has 2 aromatic heterocycles. The van der Waals surface area contributed by atoms with Crippen LogP contribution in [0.2, 0.25) is 15.1 Å². The van der Waals surface area contributed by atoms with Crippen LogP contribution in [0, 0.1) is 0 Å². The summed E-state index contributed by atoms with van der Waals surface area (Å²) >= 11 is 18.0. The van der Waals surface area contributed by atoms with Crippen molar-refractivity contribution in [2.45, 2.75) is 0 Å².